The highest BCUT2D eigenvalue weighted by atomic mass is 35.5. The number of benzene rings is 5. The summed E-state index contributed by atoms with van der Waals surface area (Å²) in [5.41, 5.74) is 17.9. The molecule has 0 radical (unpaired) electrons. The number of hydrogen-bond donors (Lipinski definition) is 1. The van der Waals surface area contributed by atoms with Gasteiger partial charge in [-0.1, -0.05) is 59.1 Å². The summed E-state index contributed by atoms with van der Waals surface area (Å²) in [5.74, 6) is -0.174. The third kappa shape index (κ3) is 16.2. The van der Waals surface area contributed by atoms with Crippen LogP contribution in [0.4, 0.5) is 30.4 Å². The van der Waals surface area contributed by atoms with Crippen molar-refractivity contribution in [1.82, 2.24) is 65.0 Å². The smallest absolute Gasteiger partial charge is 0.160 e. The van der Waals surface area contributed by atoms with E-state index in [9.17, 15) is 13.2 Å². The number of anilines is 3. The van der Waals surface area contributed by atoms with Crippen molar-refractivity contribution in [2.45, 2.75) is 0 Å². The van der Waals surface area contributed by atoms with Crippen LogP contribution in [0.3, 0.4) is 0 Å². The zero-order valence-corrected chi connectivity index (χ0v) is 62.4. The molecule has 0 bridgehead atoms. The Morgan fingerprint density at radius 2 is 0.655 bits per heavy atom. The number of piperazine rings is 3. The van der Waals surface area contributed by atoms with Crippen LogP contribution < -0.4 is 20.0 Å². The minimum Gasteiger partial charge on any atom is -0.369 e. The number of halogens is 6. The van der Waals surface area contributed by atoms with E-state index in [1.807, 2.05) is 91.8 Å². The fraction of sp³-hybridized carbons (Fsp3) is 0.159. The predicted molar refractivity (Wildman–Crippen MR) is 438 cm³/mol. The molecule has 0 amide bonds. The maximum Gasteiger partial charge on any atom is 0.160 e. The lowest BCUT2D eigenvalue weighted by molar-refractivity contribution is 0.312. The van der Waals surface area contributed by atoms with Gasteiger partial charge in [-0.05, 0) is 206 Å². The molecule has 0 atom stereocenters. The van der Waals surface area contributed by atoms with Crippen molar-refractivity contribution in [3.63, 3.8) is 0 Å². The van der Waals surface area contributed by atoms with E-state index in [0.717, 1.165) is 167 Å². The van der Waals surface area contributed by atoms with Gasteiger partial charge in [0.25, 0.3) is 0 Å². The molecule has 3 saturated heterocycles. The molecule has 0 unspecified atom stereocenters. The van der Waals surface area contributed by atoms with E-state index in [1.54, 1.807) is 43.0 Å². The maximum atomic E-state index is 14.7. The van der Waals surface area contributed by atoms with Crippen LogP contribution >= 0.6 is 34.8 Å². The van der Waals surface area contributed by atoms with Gasteiger partial charge in [0, 0.05) is 239 Å². The zero-order chi connectivity index (χ0) is 75.2. The molecule has 0 spiro atoms. The first-order valence-electron chi connectivity index (χ1n) is 36.3. The molecule has 10 aromatic heterocycles. The molecule has 3 aliphatic heterocycles. The van der Waals surface area contributed by atoms with E-state index in [-0.39, 0.29) is 11.6 Å². The highest BCUT2D eigenvalue weighted by molar-refractivity contribution is 6.31. The van der Waals surface area contributed by atoms with Crippen LogP contribution in [0.2, 0.25) is 15.1 Å². The average molecular weight is 1520 g/mol. The molecule has 110 heavy (non-hydrogen) atoms. The molecule has 18 rings (SSSR count). The summed E-state index contributed by atoms with van der Waals surface area (Å²) in [5, 5.41) is 7.33. The molecule has 0 aliphatic carbocycles. The van der Waals surface area contributed by atoms with E-state index >= 15 is 0 Å². The van der Waals surface area contributed by atoms with Gasteiger partial charge in [-0.15, -0.1) is 0 Å². The van der Waals surface area contributed by atoms with Crippen LogP contribution in [0.5, 0.6) is 0 Å². The summed E-state index contributed by atoms with van der Waals surface area (Å²) in [6.45, 7) is 12.2. The summed E-state index contributed by atoms with van der Waals surface area (Å²) in [4.78, 5) is 57.4. The third-order valence-electron chi connectivity index (χ3n) is 20.2. The van der Waals surface area contributed by atoms with Gasteiger partial charge in [0.05, 0.1) is 17.1 Å². The quantitative estimate of drug-likeness (QED) is 0.123. The van der Waals surface area contributed by atoms with Crippen LogP contribution in [0.15, 0.2) is 250 Å². The summed E-state index contributed by atoms with van der Waals surface area (Å²) in [7, 11) is 4.31. The number of hydrogen-bond acceptors (Lipinski definition) is 16. The number of rotatable bonds is 12. The van der Waals surface area contributed by atoms with E-state index in [2.05, 4.69) is 168 Å². The fourth-order valence-electron chi connectivity index (χ4n) is 14.1. The molecule has 1 N–H and O–H groups in total. The monoisotopic (exact) mass is 1510 g/mol. The lowest BCUT2D eigenvalue weighted by Crippen LogP contribution is -2.44. The van der Waals surface area contributed by atoms with Crippen molar-refractivity contribution in [3.05, 3.63) is 283 Å². The summed E-state index contributed by atoms with van der Waals surface area (Å²) >= 11 is 18.5. The summed E-state index contributed by atoms with van der Waals surface area (Å²) in [6.07, 6.45) is 18.0. The Kier molecular flexibility index (Phi) is 21.5. The standard InChI is InChI=1S/C30H25ClFN5.C29H24ClFN6.C29H23ClFN5/c1-36-11-13-37(14-12-36)24-7-4-20(5-8-24)21-15-22(19-33-18-21)26-17-29(27-16-23(31)6-9-28(27)32)35-30-25(26)3-2-10-34-30;1-36-9-11-37(12-10-36)28-7-4-19(18-34-28)20-13-21(17-32-16-20)24-15-27(25-14-22(30)5-6-26(25)31)35-29-23(24)3-2-8-33-29;30-22-5-8-27(31)26(15-22)28-16-25(24-2-1-9-34-29(24)35-28)21-14-20(17-33-18-21)19-3-6-23(7-4-19)36-12-10-32-11-13-36/h2-10,15-19H,11-14H2,1H3;2-8,13-18H,9-12H2,1H3;1-9,14-18,32H,10-13H2. The Morgan fingerprint density at radius 1 is 0.309 bits per heavy atom. The Bertz CT molecular complexity index is 5600. The van der Waals surface area contributed by atoms with Crippen molar-refractivity contribution in [2.24, 2.45) is 0 Å². The lowest BCUT2D eigenvalue weighted by Gasteiger charge is -2.34. The van der Waals surface area contributed by atoms with Crippen molar-refractivity contribution in [3.8, 4) is 101 Å². The van der Waals surface area contributed by atoms with Crippen LogP contribution in [0.25, 0.3) is 134 Å². The van der Waals surface area contributed by atoms with Crippen molar-refractivity contribution < 1.29 is 13.2 Å². The highest BCUT2D eigenvalue weighted by Crippen LogP contribution is 2.40. The number of nitrogens with one attached hydrogen (secondary N) is 1. The second-order valence-electron chi connectivity index (χ2n) is 27.4. The SMILES string of the molecule is CN1CCN(c2ccc(-c3cncc(-c4cc(-c5cc(Cl)ccc5F)nc5ncccc45)c3)cc2)CC1.CN1CCN(c2ccc(-c3cncc(-c4cc(-c5cc(Cl)ccc5F)nc5ncccc45)c3)cn2)CC1.Fc1ccc(Cl)cc1-c1cc(-c2cncc(-c3ccc(N4CCNCC4)cc3)c2)c2cccnc2n1. The maximum absolute atomic E-state index is 14.7. The van der Waals surface area contributed by atoms with Crippen LogP contribution in [-0.2, 0) is 0 Å². The minimum atomic E-state index is -0.392. The largest absolute Gasteiger partial charge is 0.369 e. The number of fused-ring (bicyclic) bond motifs is 3. The van der Waals surface area contributed by atoms with Crippen molar-refractivity contribution >= 4 is 85.1 Å². The van der Waals surface area contributed by atoms with Crippen LogP contribution in [-0.4, -0.2) is 152 Å². The van der Waals surface area contributed by atoms with Gasteiger partial charge in [-0.2, -0.15) is 0 Å². The predicted octanol–water partition coefficient (Wildman–Crippen LogP) is 18.8. The topological polar surface area (TPSA) is 157 Å². The highest BCUT2D eigenvalue weighted by Gasteiger charge is 2.22. The molecule has 546 valence electrons. The van der Waals surface area contributed by atoms with Crippen LogP contribution in [0.1, 0.15) is 0 Å². The van der Waals surface area contributed by atoms with Crippen molar-refractivity contribution in [1.29, 1.82) is 0 Å². The molecule has 5 aromatic carbocycles. The Balaban J connectivity index is 0.000000125. The number of pyridine rings is 10. The molecule has 3 aliphatic rings. The molecule has 22 heteroatoms. The van der Waals surface area contributed by atoms with E-state index < -0.39 is 5.82 Å². The molecule has 0 saturated carbocycles. The molecule has 15 aromatic rings. The number of aromatic nitrogens is 10. The van der Waals surface area contributed by atoms with Gasteiger partial charge in [0.15, 0.2) is 16.9 Å². The Labute approximate surface area is 649 Å². The van der Waals surface area contributed by atoms with Gasteiger partial charge in [0.2, 0.25) is 0 Å². The molecule has 16 nitrogen and oxygen atoms in total. The van der Waals surface area contributed by atoms with Gasteiger partial charge in [-0.3, -0.25) is 15.0 Å². The molecule has 13 heterocycles. The number of likely N-dealkylation sites (N-methyl/N-ethyl adjacent to an activating group) is 2. The Morgan fingerprint density at radius 3 is 1.03 bits per heavy atom. The Hall–Kier alpha value is -11.7. The van der Waals surface area contributed by atoms with Gasteiger partial charge in [-0.25, -0.2) is 48.1 Å². The average Bonchev–Trinajstić information content (AvgIpc) is 0.780. The van der Waals surface area contributed by atoms with Gasteiger partial charge >= 0.3 is 0 Å². The first-order valence-corrected chi connectivity index (χ1v) is 37.4. The lowest BCUT2D eigenvalue weighted by atomic mass is 9.98. The van der Waals surface area contributed by atoms with E-state index in [0.29, 0.717) is 65.8 Å². The minimum absolute atomic E-state index is 0.328. The normalized spacial score (nSPS) is 14.1. The third-order valence-corrected chi connectivity index (χ3v) is 20.9. The fourth-order valence-corrected chi connectivity index (χ4v) is 14.6. The van der Waals surface area contributed by atoms with Gasteiger partial charge < -0.3 is 29.8 Å². The summed E-state index contributed by atoms with van der Waals surface area (Å²) < 4.78 is 44.1. The van der Waals surface area contributed by atoms with E-state index in [1.165, 1.54) is 47.8 Å². The first kappa shape index (κ1) is 72.5. The molecular formula is C88H72Cl3F3N16. The van der Waals surface area contributed by atoms with Crippen LogP contribution in [0, 0.1) is 17.5 Å². The van der Waals surface area contributed by atoms with E-state index in [4.69, 9.17) is 39.8 Å². The van der Waals surface area contributed by atoms with Crippen molar-refractivity contribution in [2.75, 3.05) is 107 Å². The second kappa shape index (κ2) is 32.6. The second-order valence-corrected chi connectivity index (χ2v) is 28.7. The zero-order valence-electron chi connectivity index (χ0n) is 60.1. The number of nitrogens with zero attached hydrogens (tertiary/aromatic N) is 15. The summed E-state index contributed by atoms with van der Waals surface area (Å²) in [6, 6.07) is 58.3. The first-order chi connectivity index (χ1) is 53.7. The van der Waals surface area contributed by atoms with Gasteiger partial charge in [0.1, 0.15) is 23.3 Å². The molecular weight excluding hydrogens is 1440 g/mol. The molecule has 3 fully saturated rings.